The van der Waals surface area contributed by atoms with Crippen LogP contribution in [0.5, 0.6) is 5.75 Å². The zero-order chi connectivity index (χ0) is 14.8. The van der Waals surface area contributed by atoms with Gasteiger partial charge in [0.25, 0.3) is 0 Å². The van der Waals surface area contributed by atoms with Crippen molar-refractivity contribution in [3.63, 3.8) is 0 Å². The fourth-order valence-electron chi connectivity index (χ4n) is 2.89. The first-order chi connectivity index (χ1) is 10.1. The summed E-state index contributed by atoms with van der Waals surface area (Å²) in [4.78, 5) is 0. The Morgan fingerprint density at radius 1 is 1.19 bits per heavy atom. The van der Waals surface area contributed by atoms with Gasteiger partial charge in [-0.05, 0) is 30.7 Å². The normalized spacial score (nSPS) is 22.2. The van der Waals surface area contributed by atoms with Crippen molar-refractivity contribution >= 4 is 15.9 Å². The summed E-state index contributed by atoms with van der Waals surface area (Å²) >= 11 is 3.55. The van der Waals surface area contributed by atoms with Crippen LogP contribution in [0.15, 0.2) is 53.0 Å². The minimum absolute atomic E-state index is 0.293. The van der Waals surface area contributed by atoms with Gasteiger partial charge in [-0.15, -0.1) is 0 Å². The summed E-state index contributed by atoms with van der Waals surface area (Å²) in [5.74, 6) is 1.46. The maximum absolute atomic E-state index is 5.82. The predicted octanol–water partition coefficient (Wildman–Crippen LogP) is 4.87. The molecule has 0 fully saturated rings. The number of para-hydroxylation sites is 1. The van der Waals surface area contributed by atoms with E-state index in [0.717, 1.165) is 16.8 Å². The van der Waals surface area contributed by atoms with Crippen LogP contribution < -0.4 is 10.1 Å². The second-order valence-corrected chi connectivity index (χ2v) is 6.66. The Balaban J connectivity index is 1.84. The van der Waals surface area contributed by atoms with Crippen molar-refractivity contribution in [2.45, 2.75) is 25.9 Å². The van der Waals surface area contributed by atoms with Crippen molar-refractivity contribution in [2.75, 3.05) is 6.61 Å². The Morgan fingerprint density at radius 3 is 2.81 bits per heavy atom. The summed E-state index contributed by atoms with van der Waals surface area (Å²) in [6.07, 6.45) is 0. The van der Waals surface area contributed by atoms with E-state index in [1.165, 1.54) is 11.1 Å². The zero-order valence-electron chi connectivity index (χ0n) is 12.3. The van der Waals surface area contributed by atoms with Crippen LogP contribution in [0.25, 0.3) is 0 Å². The van der Waals surface area contributed by atoms with E-state index in [4.69, 9.17) is 4.74 Å². The number of hydrogen-bond acceptors (Lipinski definition) is 2. The van der Waals surface area contributed by atoms with Crippen LogP contribution in [0, 0.1) is 5.92 Å². The van der Waals surface area contributed by atoms with E-state index in [1.54, 1.807) is 0 Å². The zero-order valence-corrected chi connectivity index (χ0v) is 13.9. The molecule has 0 spiro atoms. The third-order valence-electron chi connectivity index (χ3n) is 4.10. The molecule has 3 heteroatoms. The van der Waals surface area contributed by atoms with Crippen LogP contribution in [0.4, 0.5) is 0 Å². The van der Waals surface area contributed by atoms with Crippen LogP contribution in [0.3, 0.4) is 0 Å². The summed E-state index contributed by atoms with van der Waals surface area (Å²) in [6.45, 7) is 5.22. The lowest BCUT2D eigenvalue weighted by atomic mass is 9.91. The average Bonchev–Trinajstić information content (AvgIpc) is 2.50. The molecule has 0 aromatic heterocycles. The molecule has 3 rings (SSSR count). The first-order valence-corrected chi connectivity index (χ1v) is 8.17. The quantitative estimate of drug-likeness (QED) is 0.856. The molecule has 2 aromatic carbocycles. The predicted molar refractivity (Wildman–Crippen MR) is 89.5 cm³/mol. The number of halogens is 1. The molecule has 21 heavy (non-hydrogen) atoms. The SMILES string of the molecule is CC1COc2ccccc2C1N[C@@H](C)c1cccc(Br)c1. The number of fused-ring (bicyclic) bond motifs is 1. The maximum atomic E-state index is 5.82. The number of nitrogens with one attached hydrogen (secondary N) is 1. The Labute approximate surface area is 134 Å². The topological polar surface area (TPSA) is 21.3 Å². The van der Waals surface area contributed by atoms with Crippen molar-refractivity contribution in [3.05, 3.63) is 64.1 Å². The summed E-state index contributed by atoms with van der Waals surface area (Å²) in [7, 11) is 0. The lowest BCUT2D eigenvalue weighted by molar-refractivity contribution is 0.182. The van der Waals surface area contributed by atoms with Gasteiger partial charge in [-0.1, -0.05) is 53.2 Å². The van der Waals surface area contributed by atoms with Gasteiger partial charge in [0, 0.05) is 28.0 Å². The molecule has 0 radical (unpaired) electrons. The van der Waals surface area contributed by atoms with Gasteiger partial charge in [0.2, 0.25) is 0 Å². The Kier molecular flexibility index (Phi) is 4.32. The number of benzene rings is 2. The molecular weight excluding hydrogens is 326 g/mol. The molecule has 1 N–H and O–H groups in total. The first-order valence-electron chi connectivity index (χ1n) is 7.38. The van der Waals surface area contributed by atoms with Crippen LogP contribution in [0.1, 0.15) is 37.1 Å². The van der Waals surface area contributed by atoms with Gasteiger partial charge in [-0.25, -0.2) is 0 Å². The summed E-state index contributed by atoms with van der Waals surface area (Å²) < 4.78 is 6.94. The number of hydrogen-bond donors (Lipinski definition) is 1. The monoisotopic (exact) mass is 345 g/mol. The number of rotatable bonds is 3. The molecule has 1 heterocycles. The second-order valence-electron chi connectivity index (χ2n) is 5.75. The van der Waals surface area contributed by atoms with Crippen LogP contribution in [0.2, 0.25) is 0 Å². The van der Waals surface area contributed by atoms with Crippen molar-refractivity contribution in [1.82, 2.24) is 5.32 Å². The Hall–Kier alpha value is -1.32. The van der Waals surface area contributed by atoms with Crippen LogP contribution in [-0.2, 0) is 0 Å². The van der Waals surface area contributed by atoms with Crippen LogP contribution >= 0.6 is 15.9 Å². The highest BCUT2D eigenvalue weighted by molar-refractivity contribution is 9.10. The molecule has 0 amide bonds. The highest BCUT2D eigenvalue weighted by atomic mass is 79.9. The van der Waals surface area contributed by atoms with Crippen molar-refractivity contribution in [1.29, 1.82) is 0 Å². The van der Waals surface area contributed by atoms with Gasteiger partial charge in [0.15, 0.2) is 0 Å². The molecular formula is C18H20BrNO. The molecule has 1 aliphatic rings. The molecule has 2 nitrogen and oxygen atoms in total. The van der Waals surface area contributed by atoms with Gasteiger partial charge in [0.1, 0.15) is 5.75 Å². The van der Waals surface area contributed by atoms with Gasteiger partial charge >= 0.3 is 0 Å². The molecule has 2 unspecified atom stereocenters. The fourth-order valence-corrected chi connectivity index (χ4v) is 3.31. The van der Waals surface area contributed by atoms with Crippen LogP contribution in [-0.4, -0.2) is 6.61 Å². The van der Waals surface area contributed by atoms with Crippen molar-refractivity contribution in [3.8, 4) is 5.75 Å². The third kappa shape index (κ3) is 3.14. The molecule has 0 bridgehead atoms. The third-order valence-corrected chi connectivity index (χ3v) is 4.60. The van der Waals surface area contributed by atoms with E-state index in [1.807, 2.05) is 6.07 Å². The summed E-state index contributed by atoms with van der Waals surface area (Å²) in [5, 5.41) is 3.77. The highest BCUT2D eigenvalue weighted by Crippen LogP contribution is 2.36. The molecule has 110 valence electrons. The molecule has 3 atom stereocenters. The molecule has 0 aliphatic carbocycles. The largest absolute Gasteiger partial charge is 0.493 e. The average molecular weight is 346 g/mol. The van der Waals surface area contributed by atoms with Gasteiger partial charge < -0.3 is 10.1 Å². The number of ether oxygens (including phenoxy) is 1. The highest BCUT2D eigenvalue weighted by Gasteiger charge is 2.28. The molecule has 0 saturated carbocycles. The van der Waals surface area contributed by atoms with E-state index in [-0.39, 0.29) is 0 Å². The standard InChI is InChI=1S/C18H20BrNO/c1-12-11-21-17-9-4-3-8-16(17)18(12)20-13(2)14-6-5-7-15(19)10-14/h3-10,12-13,18,20H,11H2,1-2H3/t12?,13-,18?/m0/s1. The van der Waals surface area contributed by atoms with E-state index in [0.29, 0.717) is 18.0 Å². The Bertz CT molecular complexity index is 628. The second kappa shape index (κ2) is 6.20. The Morgan fingerprint density at radius 2 is 2.00 bits per heavy atom. The fraction of sp³-hybridized carbons (Fsp3) is 0.333. The lowest BCUT2D eigenvalue weighted by Gasteiger charge is -2.34. The van der Waals surface area contributed by atoms with Gasteiger partial charge in [-0.2, -0.15) is 0 Å². The summed E-state index contributed by atoms with van der Waals surface area (Å²) in [5.41, 5.74) is 2.55. The van der Waals surface area contributed by atoms with Crippen molar-refractivity contribution in [2.24, 2.45) is 5.92 Å². The molecule has 0 saturated heterocycles. The van der Waals surface area contributed by atoms with E-state index in [2.05, 4.69) is 77.6 Å². The minimum atomic E-state index is 0.293. The van der Waals surface area contributed by atoms with Gasteiger partial charge in [-0.3, -0.25) is 0 Å². The van der Waals surface area contributed by atoms with E-state index in [9.17, 15) is 0 Å². The van der Waals surface area contributed by atoms with Gasteiger partial charge in [0.05, 0.1) is 6.61 Å². The first kappa shape index (κ1) is 14.6. The molecule has 2 aromatic rings. The van der Waals surface area contributed by atoms with E-state index < -0.39 is 0 Å². The van der Waals surface area contributed by atoms with Crippen molar-refractivity contribution < 1.29 is 4.74 Å². The lowest BCUT2D eigenvalue weighted by Crippen LogP contribution is -2.35. The minimum Gasteiger partial charge on any atom is -0.493 e. The van der Waals surface area contributed by atoms with E-state index >= 15 is 0 Å². The molecule has 1 aliphatic heterocycles. The smallest absolute Gasteiger partial charge is 0.124 e. The summed E-state index contributed by atoms with van der Waals surface area (Å²) in [6, 6.07) is 17.4. The maximum Gasteiger partial charge on any atom is 0.124 e.